The van der Waals surface area contributed by atoms with E-state index in [9.17, 15) is 0 Å². The zero-order chi connectivity index (χ0) is 34.4. The van der Waals surface area contributed by atoms with Crippen molar-refractivity contribution < 1.29 is 4.42 Å². The van der Waals surface area contributed by atoms with Crippen molar-refractivity contribution >= 4 is 32.9 Å². The zero-order valence-corrected chi connectivity index (χ0v) is 27.9. The average molecular weight is 668 g/mol. The van der Waals surface area contributed by atoms with Crippen LogP contribution in [0.2, 0.25) is 0 Å². The maximum atomic E-state index is 6.30. The van der Waals surface area contributed by atoms with Crippen LogP contribution in [0.25, 0.3) is 95.3 Å². The number of fused-ring (bicyclic) bond motifs is 4. The minimum Gasteiger partial charge on any atom is -0.436 e. The van der Waals surface area contributed by atoms with Gasteiger partial charge in [-0.3, -0.25) is 0 Å². The van der Waals surface area contributed by atoms with Gasteiger partial charge in [0.1, 0.15) is 5.52 Å². The van der Waals surface area contributed by atoms with E-state index in [1.165, 1.54) is 10.8 Å². The Morgan fingerprint density at radius 2 is 0.942 bits per heavy atom. The predicted octanol–water partition coefficient (Wildman–Crippen LogP) is 11.4. The molecule has 0 unspecified atom stereocenters. The average Bonchev–Trinajstić information content (AvgIpc) is 3.81. The molecule has 0 atom stereocenters. The van der Waals surface area contributed by atoms with Crippen molar-refractivity contribution in [2.24, 2.45) is 0 Å². The van der Waals surface area contributed by atoms with Crippen LogP contribution < -0.4 is 0 Å². The number of oxazole rings is 1. The fraction of sp³-hybridized carbons (Fsp3) is 0. The summed E-state index contributed by atoms with van der Waals surface area (Å²) in [6, 6.07) is 59.9. The summed E-state index contributed by atoms with van der Waals surface area (Å²) in [5, 5.41) is 2.34. The van der Waals surface area contributed by atoms with Crippen LogP contribution in [0.4, 0.5) is 0 Å². The van der Waals surface area contributed by atoms with Crippen molar-refractivity contribution in [1.29, 1.82) is 0 Å². The van der Waals surface area contributed by atoms with Crippen LogP contribution in [0.1, 0.15) is 0 Å². The van der Waals surface area contributed by atoms with Crippen LogP contribution >= 0.6 is 0 Å². The van der Waals surface area contributed by atoms with Crippen molar-refractivity contribution in [3.05, 3.63) is 176 Å². The van der Waals surface area contributed by atoms with E-state index in [1.807, 2.05) is 66.7 Å². The van der Waals surface area contributed by atoms with E-state index >= 15 is 0 Å². The molecule has 0 bridgehead atoms. The molecule has 10 rings (SSSR count). The number of hydrogen-bond acceptors (Lipinski definition) is 5. The van der Waals surface area contributed by atoms with Crippen molar-refractivity contribution in [3.63, 3.8) is 0 Å². The summed E-state index contributed by atoms with van der Waals surface area (Å²) in [6.45, 7) is 0. The topological polar surface area (TPSA) is 69.6 Å². The van der Waals surface area contributed by atoms with Crippen LogP contribution in [-0.2, 0) is 0 Å². The van der Waals surface area contributed by atoms with Crippen LogP contribution in [0.3, 0.4) is 0 Å². The summed E-state index contributed by atoms with van der Waals surface area (Å²) < 4.78 is 8.60. The van der Waals surface area contributed by atoms with Gasteiger partial charge in [-0.1, -0.05) is 133 Å². The number of para-hydroxylation sites is 4. The molecule has 6 nitrogen and oxygen atoms in total. The molecule has 0 saturated carbocycles. The number of hydrogen-bond donors (Lipinski definition) is 0. The van der Waals surface area contributed by atoms with Gasteiger partial charge >= 0.3 is 0 Å². The molecule has 3 aromatic heterocycles. The summed E-state index contributed by atoms with van der Waals surface area (Å²) in [5.41, 5.74) is 10.2. The lowest BCUT2D eigenvalue weighted by molar-refractivity contribution is 0.620. The van der Waals surface area contributed by atoms with E-state index in [4.69, 9.17) is 24.4 Å². The highest BCUT2D eigenvalue weighted by Crippen LogP contribution is 2.39. The lowest BCUT2D eigenvalue weighted by Crippen LogP contribution is -2.04. The number of nitrogens with zero attached hydrogens (tertiary/aromatic N) is 5. The third-order valence-electron chi connectivity index (χ3n) is 9.52. The first-order chi connectivity index (χ1) is 25.8. The van der Waals surface area contributed by atoms with E-state index < -0.39 is 0 Å². The Kier molecular flexibility index (Phi) is 7.03. The standard InChI is InChI=1S/C46H29N5O/c1-3-15-30(16-4-1)33-19-7-8-22-36(33)44-48-43(31-17-5-2-6-18-31)49-45(50-44)37-29-32(46-47-38-23-11-14-26-42(38)52-46)27-28-41(37)51-39-24-12-9-20-34(39)35-21-10-13-25-40(35)51/h1-29H. The third kappa shape index (κ3) is 5.05. The van der Waals surface area contributed by atoms with Gasteiger partial charge in [0.05, 0.1) is 16.7 Å². The highest BCUT2D eigenvalue weighted by atomic mass is 16.3. The smallest absolute Gasteiger partial charge is 0.227 e. The highest BCUT2D eigenvalue weighted by molar-refractivity contribution is 6.09. The van der Waals surface area contributed by atoms with E-state index in [0.717, 1.165) is 61.2 Å². The fourth-order valence-electron chi connectivity index (χ4n) is 7.10. The van der Waals surface area contributed by atoms with Crippen LogP contribution in [0.5, 0.6) is 0 Å². The Balaban J connectivity index is 1.28. The van der Waals surface area contributed by atoms with Crippen LogP contribution in [0, 0.1) is 0 Å². The summed E-state index contributed by atoms with van der Waals surface area (Å²) in [6.07, 6.45) is 0. The summed E-state index contributed by atoms with van der Waals surface area (Å²) in [5.74, 6) is 2.25. The SMILES string of the molecule is c1ccc(-c2nc(-c3ccccc3-c3ccccc3)nc(-c3cc(-c4nc5ccccc5o4)ccc3-n3c4ccccc4c4ccccc43)n2)cc1. The lowest BCUT2D eigenvalue weighted by atomic mass is 9.99. The molecule has 7 aromatic carbocycles. The minimum atomic E-state index is 0.531. The Bertz CT molecular complexity index is 2820. The summed E-state index contributed by atoms with van der Waals surface area (Å²) >= 11 is 0. The van der Waals surface area contributed by atoms with Crippen molar-refractivity contribution in [3.8, 4) is 62.4 Å². The fourth-order valence-corrected chi connectivity index (χ4v) is 7.10. The largest absolute Gasteiger partial charge is 0.436 e. The second kappa shape index (κ2) is 12.3. The highest BCUT2D eigenvalue weighted by Gasteiger charge is 2.22. The van der Waals surface area contributed by atoms with Gasteiger partial charge in [0, 0.05) is 33.0 Å². The second-order valence-electron chi connectivity index (χ2n) is 12.7. The molecule has 52 heavy (non-hydrogen) atoms. The number of rotatable bonds is 6. The monoisotopic (exact) mass is 667 g/mol. The molecule has 0 aliphatic carbocycles. The maximum absolute atomic E-state index is 6.30. The van der Waals surface area contributed by atoms with Crippen molar-refractivity contribution in [2.75, 3.05) is 0 Å². The summed E-state index contributed by atoms with van der Waals surface area (Å²) in [7, 11) is 0. The quantitative estimate of drug-likeness (QED) is 0.176. The first kappa shape index (κ1) is 29.7. The molecule has 0 aliphatic heterocycles. The molecule has 0 radical (unpaired) electrons. The molecule has 6 heteroatoms. The molecule has 0 N–H and O–H groups in total. The van der Waals surface area contributed by atoms with E-state index in [0.29, 0.717) is 23.4 Å². The lowest BCUT2D eigenvalue weighted by Gasteiger charge is -2.16. The Hall–Kier alpha value is -7.18. The molecule has 0 fully saturated rings. The second-order valence-corrected chi connectivity index (χ2v) is 12.7. The van der Waals surface area contributed by atoms with Gasteiger partial charge in [0.15, 0.2) is 23.1 Å². The van der Waals surface area contributed by atoms with Gasteiger partial charge in [-0.2, -0.15) is 0 Å². The Morgan fingerprint density at radius 1 is 0.385 bits per heavy atom. The van der Waals surface area contributed by atoms with Crippen molar-refractivity contribution in [1.82, 2.24) is 24.5 Å². The van der Waals surface area contributed by atoms with E-state index in [1.54, 1.807) is 0 Å². The molecule has 10 aromatic rings. The molecule has 244 valence electrons. The summed E-state index contributed by atoms with van der Waals surface area (Å²) in [4.78, 5) is 20.5. The predicted molar refractivity (Wildman–Crippen MR) is 209 cm³/mol. The van der Waals surface area contributed by atoms with E-state index in [2.05, 4.69) is 114 Å². The first-order valence-electron chi connectivity index (χ1n) is 17.2. The normalized spacial score (nSPS) is 11.5. The van der Waals surface area contributed by atoms with Crippen LogP contribution in [-0.4, -0.2) is 24.5 Å². The maximum Gasteiger partial charge on any atom is 0.227 e. The van der Waals surface area contributed by atoms with Gasteiger partial charge in [-0.05, 0) is 53.6 Å². The van der Waals surface area contributed by atoms with Crippen molar-refractivity contribution in [2.45, 2.75) is 0 Å². The molecule has 0 saturated heterocycles. The Morgan fingerprint density at radius 3 is 1.65 bits per heavy atom. The molecular weight excluding hydrogens is 639 g/mol. The Labute approximate surface area is 299 Å². The van der Waals surface area contributed by atoms with Crippen LogP contribution in [0.15, 0.2) is 180 Å². The minimum absolute atomic E-state index is 0.531. The molecule has 0 spiro atoms. The first-order valence-corrected chi connectivity index (χ1v) is 17.2. The van der Waals surface area contributed by atoms with Gasteiger partial charge in [-0.25, -0.2) is 19.9 Å². The van der Waals surface area contributed by atoms with Gasteiger partial charge in [0.25, 0.3) is 0 Å². The third-order valence-corrected chi connectivity index (χ3v) is 9.52. The molecule has 0 aliphatic rings. The van der Waals surface area contributed by atoms with Gasteiger partial charge in [0.2, 0.25) is 5.89 Å². The number of benzene rings is 7. The van der Waals surface area contributed by atoms with Gasteiger partial charge < -0.3 is 8.98 Å². The molecule has 0 amide bonds. The van der Waals surface area contributed by atoms with E-state index in [-0.39, 0.29) is 0 Å². The molecule has 3 heterocycles. The molecular formula is C46H29N5O. The zero-order valence-electron chi connectivity index (χ0n) is 27.9. The van der Waals surface area contributed by atoms with Gasteiger partial charge in [-0.15, -0.1) is 0 Å². The number of aromatic nitrogens is 5.